The molecule has 32 heavy (non-hydrogen) atoms. The summed E-state index contributed by atoms with van der Waals surface area (Å²) in [7, 11) is 0. The number of hydrogen-bond donors (Lipinski definition) is 0. The Morgan fingerprint density at radius 3 is 2.09 bits per heavy atom. The SMILES string of the molecule is CC1=CC(C)(C)N(C(=O)c2ccccc2F)c2ccc(OC(=O)c3ccccc3F)cc21. The average molecular weight is 433 g/mol. The van der Waals surface area contributed by atoms with E-state index in [4.69, 9.17) is 4.74 Å². The number of carbonyl (C=O) groups excluding carboxylic acids is 2. The molecule has 0 bridgehead atoms. The number of esters is 1. The molecule has 6 heteroatoms. The van der Waals surface area contributed by atoms with Gasteiger partial charge in [0.05, 0.1) is 22.4 Å². The van der Waals surface area contributed by atoms with Crippen LogP contribution in [-0.4, -0.2) is 17.4 Å². The number of amides is 1. The van der Waals surface area contributed by atoms with Crippen LogP contribution >= 0.6 is 0 Å². The molecule has 0 fully saturated rings. The Morgan fingerprint density at radius 1 is 0.875 bits per heavy atom. The van der Waals surface area contributed by atoms with Crippen LogP contribution in [0.15, 0.2) is 72.8 Å². The number of nitrogens with zero attached hydrogens (tertiary/aromatic N) is 1. The van der Waals surface area contributed by atoms with E-state index in [1.165, 1.54) is 47.4 Å². The van der Waals surface area contributed by atoms with Crippen LogP contribution in [0.5, 0.6) is 5.75 Å². The van der Waals surface area contributed by atoms with Crippen molar-refractivity contribution in [3.8, 4) is 5.75 Å². The molecule has 0 radical (unpaired) electrons. The summed E-state index contributed by atoms with van der Waals surface area (Å²) in [5.74, 6) is -2.36. The van der Waals surface area contributed by atoms with Gasteiger partial charge in [-0.05, 0) is 68.8 Å². The molecule has 1 amide bonds. The molecule has 4 nitrogen and oxygen atoms in total. The zero-order valence-electron chi connectivity index (χ0n) is 17.9. The average Bonchev–Trinajstić information content (AvgIpc) is 2.74. The highest BCUT2D eigenvalue weighted by Gasteiger charge is 2.37. The lowest BCUT2D eigenvalue weighted by Crippen LogP contribution is -2.49. The molecular weight excluding hydrogens is 412 g/mol. The van der Waals surface area contributed by atoms with Crippen molar-refractivity contribution >= 4 is 23.1 Å². The van der Waals surface area contributed by atoms with Gasteiger partial charge in [0.2, 0.25) is 0 Å². The first-order valence-electron chi connectivity index (χ1n) is 10.1. The number of hydrogen-bond acceptors (Lipinski definition) is 3. The van der Waals surface area contributed by atoms with Gasteiger partial charge in [-0.2, -0.15) is 0 Å². The van der Waals surface area contributed by atoms with Crippen LogP contribution in [-0.2, 0) is 0 Å². The number of rotatable bonds is 3. The Morgan fingerprint density at radius 2 is 1.47 bits per heavy atom. The van der Waals surface area contributed by atoms with E-state index < -0.39 is 29.0 Å². The van der Waals surface area contributed by atoms with Crippen LogP contribution in [0, 0.1) is 11.6 Å². The van der Waals surface area contributed by atoms with E-state index in [2.05, 4.69) is 0 Å². The van der Waals surface area contributed by atoms with E-state index in [9.17, 15) is 18.4 Å². The van der Waals surface area contributed by atoms with Crippen LogP contribution in [0.1, 0.15) is 47.1 Å². The largest absolute Gasteiger partial charge is 0.423 e. The summed E-state index contributed by atoms with van der Waals surface area (Å²) in [4.78, 5) is 27.2. The Kier molecular flexibility index (Phi) is 5.38. The van der Waals surface area contributed by atoms with Crippen LogP contribution in [0.25, 0.3) is 5.57 Å². The van der Waals surface area contributed by atoms with Gasteiger partial charge in [-0.3, -0.25) is 9.69 Å². The van der Waals surface area contributed by atoms with Gasteiger partial charge in [0, 0.05) is 5.56 Å². The van der Waals surface area contributed by atoms with E-state index in [1.54, 1.807) is 24.3 Å². The van der Waals surface area contributed by atoms with Gasteiger partial charge < -0.3 is 4.74 Å². The number of fused-ring (bicyclic) bond motifs is 1. The normalized spacial score (nSPS) is 14.4. The highest BCUT2D eigenvalue weighted by atomic mass is 19.1. The van der Waals surface area contributed by atoms with Crippen LogP contribution in [0.2, 0.25) is 0 Å². The summed E-state index contributed by atoms with van der Waals surface area (Å²) in [5.41, 5.74) is 1.17. The lowest BCUT2D eigenvalue weighted by molar-refractivity contribution is 0.0729. The summed E-state index contributed by atoms with van der Waals surface area (Å²) in [6, 6.07) is 16.2. The topological polar surface area (TPSA) is 46.6 Å². The highest BCUT2D eigenvalue weighted by molar-refractivity contribution is 6.10. The Labute approximate surface area is 184 Å². The summed E-state index contributed by atoms with van der Waals surface area (Å²) in [6.07, 6.45) is 1.90. The van der Waals surface area contributed by atoms with Crippen molar-refractivity contribution in [1.29, 1.82) is 0 Å². The van der Waals surface area contributed by atoms with Gasteiger partial charge in [0.25, 0.3) is 5.91 Å². The van der Waals surface area contributed by atoms with Crippen molar-refractivity contribution < 1.29 is 23.1 Å². The summed E-state index contributed by atoms with van der Waals surface area (Å²) < 4.78 is 33.6. The Hall–Kier alpha value is -3.80. The number of anilines is 1. The van der Waals surface area contributed by atoms with E-state index in [-0.39, 0.29) is 16.9 Å². The highest BCUT2D eigenvalue weighted by Crippen LogP contribution is 2.41. The lowest BCUT2D eigenvalue weighted by atomic mass is 9.88. The van der Waals surface area contributed by atoms with Crippen molar-refractivity contribution in [3.05, 3.63) is 101 Å². The predicted molar refractivity (Wildman–Crippen MR) is 119 cm³/mol. The van der Waals surface area contributed by atoms with E-state index in [0.717, 1.165) is 5.57 Å². The molecule has 1 aliphatic rings. The van der Waals surface area contributed by atoms with E-state index >= 15 is 0 Å². The zero-order valence-corrected chi connectivity index (χ0v) is 17.9. The van der Waals surface area contributed by atoms with Crippen molar-refractivity contribution in [2.24, 2.45) is 0 Å². The molecule has 1 heterocycles. The lowest BCUT2D eigenvalue weighted by Gasteiger charge is -2.41. The third-order valence-corrected chi connectivity index (χ3v) is 5.39. The predicted octanol–water partition coefficient (Wildman–Crippen LogP) is 6.03. The standard InChI is InChI=1S/C26H21F2NO3/c1-16-15-26(2,3)29(24(30)18-8-4-6-10-21(18)27)23-13-12-17(14-20(16)23)32-25(31)19-9-5-7-11-22(19)28/h4-15H,1-3H3. The van der Waals surface area contributed by atoms with Gasteiger partial charge in [0.15, 0.2) is 0 Å². The maximum atomic E-state index is 14.3. The molecule has 3 aromatic carbocycles. The number of allylic oxidation sites excluding steroid dienone is 1. The minimum atomic E-state index is -0.819. The smallest absolute Gasteiger partial charge is 0.346 e. The third-order valence-electron chi connectivity index (χ3n) is 5.39. The van der Waals surface area contributed by atoms with Crippen molar-refractivity contribution in [2.75, 3.05) is 4.90 Å². The first-order valence-corrected chi connectivity index (χ1v) is 10.1. The number of carbonyl (C=O) groups is 2. The molecular formula is C26H21F2NO3. The fourth-order valence-corrected chi connectivity index (χ4v) is 3.99. The monoisotopic (exact) mass is 433 g/mol. The molecule has 0 aliphatic carbocycles. The molecule has 0 unspecified atom stereocenters. The maximum absolute atomic E-state index is 14.3. The van der Waals surface area contributed by atoms with Crippen molar-refractivity contribution in [3.63, 3.8) is 0 Å². The summed E-state index contributed by atoms with van der Waals surface area (Å²) in [6.45, 7) is 5.61. The van der Waals surface area contributed by atoms with Gasteiger partial charge in [-0.25, -0.2) is 13.6 Å². The molecule has 0 saturated heterocycles. The van der Waals surface area contributed by atoms with Gasteiger partial charge in [-0.1, -0.05) is 30.3 Å². The number of halogens is 2. The second kappa shape index (κ2) is 8.04. The fraction of sp³-hybridized carbons (Fsp3) is 0.154. The summed E-state index contributed by atoms with van der Waals surface area (Å²) in [5, 5.41) is 0. The minimum absolute atomic E-state index is 0.0328. The first-order chi connectivity index (χ1) is 15.2. The molecule has 0 aromatic heterocycles. The van der Waals surface area contributed by atoms with Gasteiger partial charge in [-0.15, -0.1) is 0 Å². The minimum Gasteiger partial charge on any atom is -0.423 e. The molecule has 0 atom stereocenters. The quantitative estimate of drug-likeness (QED) is 0.374. The molecule has 162 valence electrons. The molecule has 1 aliphatic heterocycles. The zero-order chi connectivity index (χ0) is 23.0. The summed E-state index contributed by atoms with van der Waals surface area (Å²) >= 11 is 0. The molecule has 3 aromatic rings. The molecule has 4 rings (SSSR count). The second-order valence-electron chi connectivity index (χ2n) is 8.15. The van der Waals surface area contributed by atoms with Gasteiger partial charge >= 0.3 is 5.97 Å². The second-order valence-corrected chi connectivity index (χ2v) is 8.15. The first kappa shape index (κ1) is 21.4. The fourth-order valence-electron chi connectivity index (χ4n) is 3.99. The van der Waals surface area contributed by atoms with Crippen molar-refractivity contribution in [1.82, 2.24) is 0 Å². The maximum Gasteiger partial charge on any atom is 0.346 e. The number of benzene rings is 3. The van der Waals surface area contributed by atoms with Crippen LogP contribution < -0.4 is 9.64 Å². The van der Waals surface area contributed by atoms with E-state index in [0.29, 0.717) is 11.3 Å². The van der Waals surface area contributed by atoms with Gasteiger partial charge in [0.1, 0.15) is 17.4 Å². The third kappa shape index (κ3) is 3.80. The molecule has 0 N–H and O–H groups in total. The van der Waals surface area contributed by atoms with Crippen LogP contribution in [0.4, 0.5) is 14.5 Å². The Bertz CT molecular complexity index is 1260. The van der Waals surface area contributed by atoms with Crippen LogP contribution in [0.3, 0.4) is 0 Å². The molecule has 0 saturated carbocycles. The van der Waals surface area contributed by atoms with E-state index in [1.807, 2.05) is 26.8 Å². The van der Waals surface area contributed by atoms with Crippen molar-refractivity contribution in [2.45, 2.75) is 26.3 Å². The Balaban J connectivity index is 1.72. The molecule has 0 spiro atoms. The number of ether oxygens (including phenoxy) is 1.